The van der Waals surface area contributed by atoms with Crippen LogP contribution in [0, 0.1) is 17.2 Å². The molecule has 6 nitrogen and oxygen atoms in total. The van der Waals surface area contributed by atoms with Crippen LogP contribution in [-0.4, -0.2) is 59.5 Å². The molecule has 1 amide bonds. The Kier molecular flexibility index (Phi) is 9.29. The monoisotopic (exact) mass is 567 g/mol. The molecule has 3 saturated carbocycles. The van der Waals surface area contributed by atoms with E-state index in [2.05, 4.69) is 69.7 Å². The lowest BCUT2D eigenvalue weighted by Gasteiger charge is -2.43. The van der Waals surface area contributed by atoms with Crippen LogP contribution in [0.25, 0.3) is 11.1 Å². The lowest BCUT2D eigenvalue weighted by atomic mass is 9.81. The molecule has 2 atom stereocenters. The summed E-state index contributed by atoms with van der Waals surface area (Å²) in [6.07, 6.45) is 14.7. The van der Waals surface area contributed by atoms with Crippen LogP contribution >= 0.6 is 0 Å². The van der Waals surface area contributed by atoms with E-state index in [1.165, 1.54) is 87.8 Å². The fraction of sp³-hybridized carbons (Fsp3) is 0.611. The highest BCUT2D eigenvalue weighted by Crippen LogP contribution is 2.45. The van der Waals surface area contributed by atoms with Crippen LogP contribution in [0.3, 0.4) is 0 Å². The number of nitrogens with zero attached hydrogens (tertiary/aromatic N) is 3. The number of nitrogens with one attached hydrogen (secondary N) is 1. The minimum atomic E-state index is -0.828. The molecule has 1 saturated heterocycles. The predicted molar refractivity (Wildman–Crippen MR) is 169 cm³/mol. The molecule has 224 valence electrons. The van der Waals surface area contributed by atoms with Crippen LogP contribution in [0.1, 0.15) is 94.2 Å². The Bertz CT molecular complexity index is 1210. The zero-order valence-corrected chi connectivity index (χ0v) is 25.3. The van der Waals surface area contributed by atoms with Crippen molar-refractivity contribution < 1.29 is 4.79 Å². The molecule has 3 N–H and O–H groups in total. The van der Waals surface area contributed by atoms with Crippen molar-refractivity contribution in [3.05, 3.63) is 59.7 Å². The normalized spacial score (nSPS) is 23.5. The topological polar surface area (TPSA) is 85.4 Å². The van der Waals surface area contributed by atoms with Gasteiger partial charge in [-0.05, 0) is 66.7 Å². The van der Waals surface area contributed by atoms with E-state index < -0.39 is 11.6 Å². The summed E-state index contributed by atoms with van der Waals surface area (Å²) >= 11 is 0. The number of benzene rings is 2. The van der Waals surface area contributed by atoms with Gasteiger partial charge in [0.05, 0.1) is 11.6 Å². The van der Waals surface area contributed by atoms with Gasteiger partial charge in [-0.2, -0.15) is 5.26 Å². The van der Waals surface area contributed by atoms with E-state index in [1.54, 1.807) is 0 Å². The smallest absolute Gasteiger partial charge is 0.241 e. The summed E-state index contributed by atoms with van der Waals surface area (Å²) in [6, 6.07) is 20.8. The molecule has 0 spiro atoms. The van der Waals surface area contributed by atoms with Gasteiger partial charge in [0.1, 0.15) is 6.04 Å². The molecular formula is C36H49N5O. The summed E-state index contributed by atoms with van der Waals surface area (Å²) in [5.41, 5.74) is 10.5. The van der Waals surface area contributed by atoms with E-state index in [4.69, 9.17) is 5.73 Å². The number of hydrogen-bond donors (Lipinski definition) is 2. The zero-order valence-electron chi connectivity index (χ0n) is 25.3. The van der Waals surface area contributed by atoms with Gasteiger partial charge in [0.25, 0.3) is 0 Å². The highest BCUT2D eigenvalue weighted by Gasteiger charge is 2.38. The predicted octanol–water partition coefficient (Wildman–Crippen LogP) is 5.97. The molecule has 6 rings (SSSR count). The first-order chi connectivity index (χ1) is 20.5. The average Bonchev–Trinajstić information content (AvgIpc) is 3.88. The van der Waals surface area contributed by atoms with E-state index in [1.807, 2.05) is 0 Å². The minimum Gasteiger partial charge on any atom is -0.338 e. The fourth-order valence-electron chi connectivity index (χ4n) is 7.80. The van der Waals surface area contributed by atoms with Crippen molar-refractivity contribution in [2.75, 3.05) is 26.2 Å². The molecule has 4 fully saturated rings. The molecule has 6 heteroatoms. The van der Waals surface area contributed by atoms with E-state index in [0.717, 1.165) is 36.8 Å². The molecule has 3 aliphatic carbocycles. The molecule has 2 aromatic carbocycles. The van der Waals surface area contributed by atoms with E-state index in [0.29, 0.717) is 25.3 Å². The first kappa shape index (κ1) is 29.4. The van der Waals surface area contributed by atoms with Gasteiger partial charge in [0.2, 0.25) is 5.91 Å². The third kappa shape index (κ3) is 6.91. The summed E-state index contributed by atoms with van der Waals surface area (Å²) in [5, 5.41) is 12.6. The number of amides is 1. The lowest BCUT2D eigenvalue weighted by Crippen LogP contribution is -2.57. The van der Waals surface area contributed by atoms with Gasteiger partial charge in [-0.25, -0.2) is 0 Å². The van der Waals surface area contributed by atoms with Gasteiger partial charge in [0.15, 0.2) is 0 Å². The standard InChI is InChI=1S/C36H49N5O/c37-26-32(39-35(42)36(38)19-5-2-6-20-36)25-27-9-11-28(12-10-27)29-13-15-30(16-14-29)34(31-17-18-31)41-23-21-40(22-24-41)33-7-3-1-4-8-33/h9-16,31-34H,1-8,17-25,38H2,(H,39,42). The molecule has 1 heterocycles. The van der Waals surface area contributed by atoms with Crippen LogP contribution in [0.2, 0.25) is 0 Å². The Balaban J connectivity index is 1.05. The third-order valence-electron chi connectivity index (χ3n) is 10.5. The molecule has 0 aromatic heterocycles. The van der Waals surface area contributed by atoms with Gasteiger partial charge in [-0.15, -0.1) is 0 Å². The number of hydrogen-bond acceptors (Lipinski definition) is 5. The molecule has 0 bridgehead atoms. The van der Waals surface area contributed by atoms with Gasteiger partial charge < -0.3 is 11.1 Å². The van der Waals surface area contributed by atoms with E-state index in [9.17, 15) is 10.1 Å². The average molecular weight is 568 g/mol. The van der Waals surface area contributed by atoms with Crippen molar-refractivity contribution in [3.63, 3.8) is 0 Å². The van der Waals surface area contributed by atoms with Crippen molar-refractivity contribution in [1.82, 2.24) is 15.1 Å². The Hall–Kier alpha value is -2.72. The number of nitriles is 1. The lowest BCUT2D eigenvalue weighted by molar-refractivity contribution is -0.127. The molecule has 42 heavy (non-hydrogen) atoms. The maximum Gasteiger partial charge on any atom is 0.241 e. The van der Waals surface area contributed by atoms with Crippen LogP contribution in [-0.2, 0) is 11.2 Å². The van der Waals surface area contributed by atoms with Crippen LogP contribution in [0.5, 0.6) is 0 Å². The first-order valence-electron chi connectivity index (χ1n) is 16.7. The van der Waals surface area contributed by atoms with Crippen molar-refractivity contribution in [1.29, 1.82) is 5.26 Å². The molecule has 2 aromatic rings. The second-order valence-corrected chi connectivity index (χ2v) is 13.5. The van der Waals surface area contributed by atoms with Crippen molar-refractivity contribution in [2.45, 2.75) is 107 Å². The highest BCUT2D eigenvalue weighted by molar-refractivity contribution is 5.86. The number of rotatable bonds is 9. The Morgan fingerprint density at radius 1 is 0.857 bits per heavy atom. The summed E-state index contributed by atoms with van der Waals surface area (Å²) < 4.78 is 0. The molecule has 2 unspecified atom stereocenters. The maximum atomic E-state index is 12.8. The van der Waals surface area contributed by atoms with Crippen LogP contribution < -0.4 is 11.1 Å². The first-order valence-corrected chi connectivity index (χ1v) is 16.7. The largest absolute Gasteiger partial charge is 0.338 e. The Labute approximate surface area is 252 Å². The quantitative estimate of drug-likeness (QED) is 0.390. The minimum absolute atomic E-state index is 0.180. The van der Waals surface area contributed by atoms with E-state index in [-0.39, 0.29) is 5.91 Å². The number of nitrogens with two attached hydrogens (primary N) is 1. The fourth-order valence-corrected chi connectivity index (χ4v) is 7.80. The van der Waals surface area contributed by atoms with Crippen LogP contribution in [0.4, 0.5) is 0 Å². The summed E-state index contributed by atoms with van der Waals surface area (Å²) in [6.45, 7) is 4.83. The van der Waals surface area contributed by atoms with Crippen molar-refractivity contribution in [3.8, 4) is 17.2 Å². The molecule has 4 aliphatic rings. The number of piperazine rings is 1. The summed E-state index contributed by atoms with van der Waals surface area (Å²) in [4.78, 5) is 18.4. The Morgan fingerprint density at radius 3 is 2.05 bits per heavy atom. The molecule has 0 radical (unpaired) electrons. The van der Waals surface area contributed by atoms with E-state index >= 15 is 0 Å². The highest BCUT2D eigenvalue weighted by atomic mass is 16.2. The third-order valence-corrected chi connectivity index (χ3v) is 10.5. The van der Waals surface area contributed by atoms with Crippen molar-refractivity contribution in [2.24, 2.45) is 11.7 Å². The second kappa shape index (κ2) is 13.3. The number of carbonyl (C=O) groups is 1. The zero-order chi connectivity index (χ0) is 28.9. The van der Waals surface area contributed by atoms with Gasteiger partial charge in [0, 0.05) is 44.7 Å². The molecular weight excluding hydrogens is 518 g/mol. The SMILES string of the molecule is N#CC(Cc1ccc(-c2ccc(C(C3CC3)N3CCN(C4CCCCC4)CC3)cc2)cc1)NC(=O)C1(N)CCCCC1. The summed E-state index contributed by atoms with van der Waals surface area (Å²) in [7, 11) is 0. The van der Waals surface area contributed by atoms with Gasteiger partial charge >= 0.3 is 0 Å². The maximum absolute atomic E-state index is 12.8. The van der Waals surface area contributed by atoms with Gasteiger partial charge in [-0.3, -0.25) is 14.6 Å². The summed E-state index contributed by atoms with van der Waals surface area (Å²) in [5.74, 6) is 0.623. The van der Waals surface area contributed by atoms with Gasteiger partial charge in [-0.1, -0.05) is 87.1 Å². The van der Waals surface area contributed by atoms with Crippen molar-refractivity contribution >= 4 is 5.91 Å². The molecule has 1 aliphatic heterocycles. The Morgan fingerprint density at radius 2 is 1.45 bits per heavy atom. The number of carbonyl (C=O) groups excluding carboxylic acids is 1. The van der Waals surface area contributed by atoms with Crippen LogP contribution in [0.15, 0.2) is 48.5 Å². The second-order valence-electron chi connectivity index (χ2n) is 13.5.